The Morgan fingerprint density at radius 2 is 1.65 bits per heavy atom. The standard InChI is InChI=1S/C16H33N/c1-7-9-10-12-16(17,8-2)13-11-14(3)15(4,5)6/h3,7-13,17H2,1-2,4-6H3. The fourth-order valence-electron chi connectivity index (χ4n) is 1.98. The highest BCUT2D eigenvalue weighted by Gasteiger charge is 2.24. The molecule has 0 saturated carbocycles. The molecule has 0 radical (unpaired) electrons. The maximum atomic E-state index is 6.49. The molecule has 1 unspecified atom stereocenters. The van der Waals surface area contributed by atoms with Crippen LogP contribution in [0.1, 0.15) is 79.6 Å². The van der Waals surface area contributed by atoms with Gasteiger partial charge < -0.3 is 5.73 Å². The van der Waals surface area contributed by atoms with Crippen LogP contribution >= 0.6 is 0 Å². The van der Waals surface area contributed by atoms with Crippen molar-refractivity contribution < 1.29 is 0 Å². The molecule has 1 atom stereocenters. The molecule has 0 aromatic rings. The molecule has 0 bridgehead atoms. The molecule has 0 aliphatic carbocycles. The summed E-state index contributed by atoms with van der Waals surface area (Å²) in [5.41, 5.74) is 8.07. The van der Waals surface area contributed by atoms with Gasteiger partial charge in [0.15, 0.2) is 0 Å². The van der Waals surface area contributed by atoms with E-state index in [1.807, 2.05) is 0 Å². The van der Waals surface area contributed by atoms with Crippen molar-refractivity contribution in [1.29, 1.82) is 0 Å². The van der Waals surface area contributed by atoms with Gasteiger partial charge in [0, 0.05) is 5.54 Å². The lowest BCUT2D eigenvalue weighted by atomic mass is 9.79. The molecule has 2 N–H and O–H groups in total. The van der Waals surface area contributed by atoms with Gasteiger partial charge in [-0.15, -0.1) is 0 Å². The van der Waals surface area contributed by atoms with Crippen molar-refractivity contribution in [3.8, 4) is 0 Å². The van der Waals surface area contributed by atoms with Gasteiger partial charge in [-0.2, -0.15) is 0 Å². The Balaban J connectivity index is 4.16. The van der Waals surface area contributed by atoms with Crippen LogP contribution < -0.4 is 5.73 Å². The molecule has 0 spiro atoms. The third kappa shape index (κ3) is 6.88. The number of unbranched alkanes of at least 4 members (excludes halogenated alkanes) is 2. The van der Waals surface area contributed by atoms with E-state index in [1.165, 1.54) is 24.8 Å². The zero-order valence-corrected chi connectivity index (χ0v) is 12.7. The average molecular weight is 239 g/mol. The molecule has 0 fully saturated rings. The first-order valence-electron chi connectivity index (χ1n) is 7.22. The van der Waals surface area contributed by atoms with E-state index in [1.54, 1.807) is 0 Å². The molecule has 0 aliphatic rings. The fourth-order valence-corrected chi connectivity index (χ4v) is 1.98. The predicted molar refractivity (Wildman–Crippen MR) is 79.2 cm³/mol. The van der Waals surface area contributed by atoms with Crippen LogP contribution in [0.25, 0.3) is 0 Å². The van der Waals surface area contributed by atoms with E-state index >= 15 is 0 Å². The summed E-state index contributed by atoms with van der Waals surface area (Å²) in [4.78, 5) is 0. The van der Waals surface area contributed by atoms with Crippen molar-refractivity contribution in [1.82, 2.24) is 0 Å². The highest BCUT2D eigenvalue weighted by atomic mass is 14.7. The quantitative estimate of drug-likeness (QED) is 0.465. The van der Waals surface area contributed by atoms with Gasteiger partial charge in [0.25, 0.3) is 0 Å². The third-order valence-electron chi connectivity index (χ3n) is 3.97. The minimum absolute atomic E-state index is 0.0311. The Kier molecular flexibility index (Phi) is 7.08. The van der Waals surface area contributed by atoms with Crippen LogP contribution in [0.15, 0.2) is 12.2 Å². The van der Waals surface area contributed by atoms with E-state index in [-0.39, 0.29) is 11.0 Å². The highest BCUT2D eigenvalue weighted by molar-refractivity contribution is 5.06. The Morgan fingerprint density at radius 1 is 1.06 bits per heavy atom. The second-order valence-corrected chi connectivity index (χ2v) is 6.53. The fraction of sp³-hybridized carbons (Fsp3) is 0.875. The monoisotopic (exact) mass is 239 g/mol. The summed E-state index contributed by atoms with van der Waals surface area (Å²) in [6.07, 6.45) is 8.24. The Hall–Kier alpha value is -0.300. The molecule has 17 heavy (non-hydrogen) atoms. The summed E-state index contributed by atoms with van der Waals surface area (Å²) in [6.45, 7) is 15.4. The second kappa shape index (κ2) is 7.20. The first kappa shape index (κ1) is 16.7. The SMILES string of the molecule is C=C(CCC(N)(CC)CCCCC)C(C)(C)C. The maximum Gasteiger partial charge on any atom is 0.0154 e. The van der Waals surface area contributed by atoms with Crippen molar-refractivity contribution >= 4 is 0 Å². The van der Waals surface area contributed by atoms with Gasteiger partial charge in [0.2, 0.25) is 0 Å². The van der Waals surface area contributed by atoms with Gasteiger partial charge in [-0.3, -0.25) is 0 Å². The van der Waals surface area contributed by atoms with Gasteiger partial charge in [-0.1, -0.05) is 66.0 Å². The lowest BCUT2D eigenvalue weighted by molar-refractivity contribution is 0.329. The normalized spacial score (nSPS) is 15.6. The van der Waals surface area contributed by atoms with Gasteiger partial charge >= 0.3 is 0 Å². The highest BCUT2D eigenvalue weighted by Crippen LogP contribution is 2.31. The number of rotatable bonds is 8. The third-order valence-corrected chi connectivity index (χ3v) is 3.97. The second-order valence-electron chi connectivity index (χ2n) is 6.53. The van der Waals surface area contributed by atoms with Crippen molar-refractivity contribution in [3.63, 3.8) is 0 Å². The lowest BCUT2D eigenvalue weighted by Crippen LogP contribution is -2.39. The average Bonchev–Trinajstić information content (AvgIpc) is 2.25. The molecule has 1 heteroatoms. The molecular weight excluding hydrogens is 206 g/mol. The Labute approximate surface area is 109 Å². The Bertz CT molecular complexity index is 224. The first-order chi connectivity index (χ1) is 7.75. The Morgan fingerprint density at radius 3 is 2.06 bits per heavy atom. The molecule has 0 aromatic carbocycles. The van der Waals surface area contributed by atoms with Crippen LogP contribution in [-0.2, 0) is 0 Å². The lowest BCUT2D eigenvalue weighted by Gasteiger charge is -2.31. The molecular formula is C16H33N. The molecule has 0 aliphatic heterocycles. The zero-order chi connectivity index (χ0) is 13.5. The summed E-state index contributed by atoms with van der Waals surface area (Å²) < 4.78 is 0. The van der Waals surface area contributed by atoms with Crippen LogP contribution in [-0.4, -0.2) is 5.54 Å². The summed E-state index contributed by atoms with van der Waals surface area (Å²) >= 11 is 0. The van der Waals surface area contributed by atoms with Crippen molar-refractivity contribution in [2.24, 2.45) is 11.1 Å². The van der Waals surface area contributed by atoms with E-state index in [0.717, 1.165) is 25.7 Å². The van der Waals surface area contributed by atoms with Gasteiger partial charge in [0.05, 0.1) is 0 Å². The van der Waals surface area contributed by atoms with Crippen molar-refractivity contribution in [2.45, 2.75) is 85.1 Å². The molecule has 0 saturated heterocycles. The largest absolute Gasteiger partial charge is 0.325 e. The van der Waals surface area contributed by atoms with Gasteiger partial charge in [-0.25, -0.2) is 0 Å². The van der Waals surface area contributed by atoms with Crippen LogP contribution in [0, 0.1) is 5.41 Å². The molecule has 1 nitrogen and oxygen atoms in total. The van der Waals surface area contributed by atoms with Crippen LogP contribution in [0.4, 0.5) is 0 Å². The van der Waals surface area contributed by atoms with Gasteiger partial charge in [-0.05, 0) is 31.1 Å². The summed E-state index contributed by atoms with van der Waals surface area (Å²) in [7, 11) is 0. The minimum Gasteiger partial charge on any atom is -0.325 e. The van der Waals surface area contributed by atoms with Crippen LogP contribution in [0.2, 0.25) is 0 Å². The maximum absolute atomic E-state index is 6.49. The number of nitrogens with two attached hydrogens (primary N) is 1. The molecule has 0 heterocycles. The predicted octanol–water partition coefficient (Wildman–Crippen LogP) is 5.06. The topological polar surface area (TPSA) is 26.0 Å². The molecule has 0 amide bonds. The smallest absolute Gasteiger partial charge is 0.0154 e. The molecule has 0 aromatic heterocycles. The van der Waals surface area contributed by atoms with E-state index in [0.29, 0.717) is 0 Å². The minimum atomic E-state index is 0.0311. The summed E-state index contributed by atoms with van der Waals surface area (Å²) in [5, 5.41) is 0. The van der Waals surface area contributed by atoms with Crippen molar-refractivity contribution in [3.05, 3.63) is 12.2 Å². The zero-order valence-electron chi connectivity index (χ0n) is 12.7. The summed E-state index contributed by atoms with van der Waals surface area (Å²) in [5.74, 6) is 0. The van der Waals surface area contributed by atoms with E-state index in [2.05, 4.69) is 41.2 Å². The number of allylic oxidation sites excluding steroid dienone is 1. The number of hydrogen-bond donors (Lipinski definition) is 1. The van der Waals surface area contributed by atoms with Crippen LogP contribution in [0.5, 0.6) is 0 Å². The van der Waals surface area contributed by atoms with E-state index in [4.69, 9.17) is 5.73 Å². The molecule has 0 rings (SSSR count). The van der Waals surface area contributed by atoms with Gasteiger partial charge in [0.1, 0.15) is 0 Å². The first-order valence-corrected chi connectivity index (χ1v) is 7.22. The van der Waals surface area contributed by atoms with Crippen LogP contribution in [0.3, 0.4) is 0 Å². The van der Waals surface area contributed by atoms with E-state index in [9.17, 15) is 0 Å². The number of hydrogen-bond acceptors (Lipinski definition) is 1. The van der Waals surface area contributed by atoms with E-state index < -0.39 is 0 Å². The molecule has 102 valence electrons. The summed E-state index contributed by atoms with van der Waals surface area (Å²) in [6, 6.07) is 0. The van der Waals surface area contributed by atoms with Crippen molar-refractivity contribution in [2.75, 3.05) is 0 Å².